The second kappa shape index (κ2) is 9.29. The molecule has 198 valence electrons. The van der Waals surface area contributed by atoms with Crippen LogP contribution in [0.15, 0.2) is 67.0 Å². The molecule has 2 aromatic heterocycles. The summed E-state index contributed by atoms with van der Waals surface area (Å²) >= 11 is 0. The number of nitrogens with zero attached hydrogens (tertiary/aromatic N) is 5. The highest BCUT2D eigenvalue weighted by Gasteiger charge is 2.64. The Balaban J connectivity index is 1.32. The van der Waals surface area contributed by atoms with E-state index in [1.807, 2.05) is 36.1 Å². The van der Waals surface area contributed by atoms with Crippen LogP contribution in [0, 0.1) is 17.0 Å². The van der Waals surface area contributed by atoms with E-state index >= 15 is 0 Å². The lowest BCUT2D eigenvalue weighted by Gasteiger charge is -2.41. The molecular formula is C31H29F2N5O. The molecule has 6 rings (SSSR count). The third kappa shape index (κ3) is 3.84. The van der Waals surface area contributed by atoms with Crippen LogP contribution in [0.1, 0.15) is 61.1 Å². The van der Waals surface area contributed by atoms with Gasteiger partial charge in [-0.25, -0.2) is 18.7 Å². The number of fused-ring (bicyclic) bond motifs is 5. The quantitative estimate of drug-likeness (QED) is 0.300. The van der Waals surface area contributed by atoms with Gasteiger partial charge in [0.05, 0.1) is 17.0 Å². The Kier molecular flexibility index (Phi) is 6.01. The van der Waals surface area contributed by atoms with Crippen molar-refractivity contribution < 1.29 is 13.6 Å². The maximum atomic E-state index is 14.5. The van der Waals surface area contributed by atoms with Gasteiger partial charge in [0.2, 0.25) is 0 Å². The fourth-order valence-corrected chi connectivity index (χ4v) is 6.69. The van der Waals surface area contributed by atoms with Crippen molar-refractivity contribution in [2.45, 2.75) is 44.9 Å². The molecule has 2 bridgehead atoms. The molecule has 2 aliphatic rings. The molecule has 2 aliphatic carbocycles. The SMILES string of the molecule is CCN(C[C@@]12CC[C@@H](c3cc(-c4c(F)cccc4F)nnc31)C2(C)C)C(=O)c1ccc(-c2ncccn2)cc1. The lowest BCUT2D eigenvalue weighted by molar-refractivity contribution is 0.0652. The zero-order valence-electron chi connectivity index (χ0n) is 22.2. The summed E-state index contributed by atoms with van der Waals surface area (Å²) in [7, 11) is 0. The molecule has 0 unspecified atom stereocenters. The topological polar surface area (TPSA) is 71.9 Å². The summed E-state index contributed by atoms with van der Waals surface area (Å²) in [6.45, 7) is 7.42. The predicted octanol–water partition coefficient (Wildman–Crippen LogP) is 6.20. The molecule has 0 aliphatic heterocycles. The number of benzene rings is 2. The van der Waals surface area contributed by atoms with Crippen molar-refractivity contribution in [1.82, 2.24) is 25.1 Å². The molecule has 1 saturated carbocycles. The van der Waals surface area contributed by atoms with Crippen LogP contribution in [0.3, 0.4) is 0 Å². The van der Waals surface area contributed by atoms with Gasteiger partial charge in [0.15, 0.2) is 5.82 Å². The number of amides is 1. The fourth-order valence-electron chi connectivity index (χ4n) is 6.69. The summed E-state index contributed by atoms with van der Waals surface area (Å²) in [5, 5.41) is 8.90. The lowest BCUT2D eigenvalue weighted by atomic mass is 9.68. The van der Waals surface area contributed by atoms with Gasteiger partial charge in [0.1, 0.15) is 11.6 Å². The average molecular weight is 526 g/mol. The van der Waals surface area contributed by atoms with Crippen LogP contribution in [-0.4, -0.2) is 44.1 Å². The fraction of sp³-hybridized carbons (Fsp3) is 0.323. The largest absolute Gasteiger partial charge is 0.338 e. The minimum atomic E-state index is -0.658. The van der Waals surface area contributed by atoms with E-state index in [0.717, 1.165) is 29.7 Å². The van der Waals surface area contributed by atoms with Gasteiger partial charge in [0, 0.05) is 42.0 Å². The van der Waals surface area contributed by atoms with Gasteiger partial charge in [0.25, 0.3) is 5.91 Å². The number of likely N-dealkylation sites (N-methyl/N-ethyl adjacent to an activating group) is 1. The van der Waals surface area contributed by atoms with Crippen molar-refractivity contribution in [2.75, 3.05) is 13.1 Å². The second-order valence-electron chi connectivity index (χ2n) is 11.0. The molecule has 0 N–H and O–H groups in total. The number of aromatic nitrogens is 4. The van der Waals surface area contributed by atoms with Crippen molar-refractivity contribution >= 4 is 5.91 Å². The van der Waals surface area contributed by atoms with E-state index < -0.39 is 17.0 Å². The van der Waals surface area contributed by atoms with E-state index in [9.17, 15) is 13.6 Å². The molecule has 4 aromatic rings. The summed E-state index contributed by atoms with van der Waals surface area (Å²) < 4.78 is 29.1. The Hall–Kier alpha value is -4.07. The first-order valence-corrected chi connectivity index (χ1v) is 13.3. The van der Waals surface area contributed by atoms with E-state index in [-0.39, 0.29) is 28.5 Å². The summed E-state index contributed by atoms with van der Waals surface area (Å²) in [6.07, 6.45) is 5.17. The molecule has 2 heterocycles. The van der Waals surface area contributed by atoms with Crippen LogP contribution in [0.4, 0.5) is 8.78 Å². The minimum absolute atomic E-state index is 0.0573. The summed E-state index contributed by atoms with van der Waals surface area (Å²) in [5.41, 5.74) is 2.69. The Morgan fingerprint density at radius 2 is 1.69 bits per heavy atom. The summed E-state index contributed by atoms with van der Waals surface area (Å²) in [5.74, 6) is -0.603. The van der Waals surface area contributed by atoms with E-state index in [2.05, 4.69) is 34.0 Å². The van der Waals surface area contributed by atoms with Crippen LogP contribution in [0.5, 0.6) is 0 Å². The smallest absolute Gasteiger partial charge is 0.253 e. The highest BCUT2D eigenvalue weighted by atomic mass is 19.1. The lowest BCUT2D eigenvalue weighted by Crippen LogP contribution is -2.48. The van der Waals surface area contributed by atoms with Gasteiger partial charge in [-0.1, -0.05) is 32.0 Å². The Morgan fingerprint density at radius 1 is 1.00 bits per heavy atom. The molecule has 1 amide bonds. The molecule has 8 heteroatoms. The number of carbonyl (C=O) groups is 1. The van der Waals surface area contributed by atoms with Crippen molar-refractivity contribution in [1.29, 1.82) is 0 Å². The van der Waals surface area contributed by atoms with Crippen LogP contribution in [0.25, 0.3) is 22.6 Å². The third-order valence-electron chi connectivity index (χ3n) is 8.92. The standard InChI is InChI=1S/C31H29F2N5O/c1-4-38(29(39)20-11-9-19(10-12-20)28-34-15-6-16-35-28)18-31-14-13-22(30(31,2)3)21-17-25(36-37-27(21)31)26-23(32)7-5-8-24(26)33/h5-12,15-17,22H,4,13-14,18H2,1-3H3/t22-,31-/m0/s1. The summed E-state index contributed by atoms with van der Waals surface area (Å²) in [4.78, 5) is 24.1. The third-order valence-corrected chi connectivity index (χ3v) is 8.92. The normalized spacial score (nSPS) is 20.6. The number of rotatable bonds is 6. The van der Waals surface area contributed by atoms with Crippen molar-refractivity contribution in [3.8, 4) is 22.6 Å². The minimum Gasteiger partial charge on any atom is -0.338 e. The van der Waals surface area contributed by atoms with Crippen LogP contribution < -0.4 is 0 Å². The Labute approximate surface area is 226 Å². The Morgan fingerprint density at radius 3 is 2.36 bits per heavy atom. The summed E-state index contributed by atoms with van der Waals surface area (Å²) in [6, 6.07) is 14.7. The van der Waals surface area contributed by atoms with Gasteiger partial charge in [-0.3, -0.25) is 4.79 Å². The van der Waals surface area contributed by atoms with Gasteiger partial charge in [-0.05, 0) is 73.1 Å². The van der Waals surface area contributed by atoms with E-state index in [1.165, 1.54) is 18.2 Å². The maximum absolute atomic E-state index is 14.5. The molecule has 0 saturated heterocycles. The van der Waals surface area contributed by atoms with Gasteiger partial charge in [-0.2, -0.15) is 10.2 Å². The number of hydrogen-bond acceptors (Lipinski definition) is 5. The molecule has 0 radical (unpaired) electrons. The molecule has 2 atom stereocenters. The van der Waals surface area contributed by atoms with Gasteiger partial charge >= 0.3 is 0 Å². The van der Waals surface area contributed by atoms with E-state index in [4.69, 9.17) is 0 Å². The second-order valence-corrected chi connectivity index (χ2v) is 11.0. The van der Waals surface area contributed by atoms with Crippen molar-refractivity contribution in [3.05, 3.63) is 95.4 Å². The average Bonchev–Trinajstić information content (AvgIpc) is 3.31. The molecule has 1 fully saturated rings. The highest BCUT2D eigenvalue weighted by Crippen LogP contribution is 2.67. The number of carbonyl (C=O) groups excluding carboxylic acids is 1. The van der Waals surface area contributed by atoms with Crippen molar-refractivity contribution in [3.63, 3.8) is 0 Å². The number of halogens is 2. The number of hydrogen-bond donors (Lipinski definition) is 0. The molecular weight excluding hydrogens is 496 g/mol. The van der Waals surface area contributed by atoms with Crippen LogP contribution >= 0.6 is 0 Å². The zero-order valence-corrected chi connectivity index (χ0v) is 22.2. The molecule has 2 aromatic carbocycles. The first kappa shape index (κ1) is 25.2. The predicted molar refractivity (Wildman–Crippen MR) is 144 cm³/mol. The Bertz CT molecular complexity index is 1540. The zero-order chi connectivity index (χ0) is 27.4. The maximum Gasteiger partial charge on any atom is 0.253 e. The van der Waals surface area contributed by atoms with E-state index in [0.29, 0.717) is 24.5 Å². The van der Waals surface area contributed by atoms with Crippen LogP contribution in [0.2, 0.25) is 0 Å². The molecule has 39 heavy (non-hydrogen) atoms. The first-order valence-electron chi connectivity index (χ1n) is 13.3. The molecule has 6 nitrogen and oxygen atoms in total. The van der Waals surface area contributed by atoms with Crippen LogP contribution in [-0.2, 0) is 5.41 Å². The van der Waals surface area contributed by atoms with Crippen molar-refractivity contribution in [2.24, 2.45) is 5.41 Å². The monoisotopic (exact) mass is 525 g/mol. The highest BCUT2D eigenvalue weighted by molar-refractivity contribution is 5.94. The van der Waals surface area contributed by atoms with Gasteiger partial charge in [-0.15, -0.1) is 0 Å². The molecule has 0 spiro atoms. The van der Waals surface area contributed by atoms with E-state index in [1.54, 1.807) is 24.5 Å². The van der Waals surface area contributed by atoms with Gasteiger partial charge < -0.3 is 4.90 Å². The first-order chi connectivity index (χ1) is 18.8.